The average Bonchev–Trinajstić information content (AvgIpc) is 2.67. The van der Waals surface area contributed by atoms with Crippen LogP contribution in [0.3, 0.4) is 0 Å². The summed E-state index contributed by atoms with van der Waals surface area (Å²) in [6, 6.07) is 12.3. The van der Waals surface area contributed by atoms with Crippen LogP contribution >= 0.6 is 0 Å². The lowest BCUT2D eigenvalue weighted by Crippen LogP contribution is -2.37. The quantitative estimate of drug-likeness (QED) is 0.774. The summed E-state index contributed by atoms with van der Waals surface area (Å²) in [7, 11) is 0. The van der Waals surface area contributed by atoms with E-state index < -0.39 is 0 Å². The molecule has 144 valence electrons. The zero-order valence-corrected chi connectivity index (χ0v) is 15.5. The Morgan fingerprint density at radius 2 is 1.93 bits per heavy atom. The van der Waals surface area contributed by atoms with Gasteiger partial charge in [0.2, 0.25) is 5.91 Å². The number of halogens is 1. The van der Waals surface area contributed by atoms with Gasteiger partial charge < -0.3 is 14.8 Å². The Hall–Kier alpha value is -2.60. The first kappa shape index (κ1) is 19.2. The van der Waals surface area contributed by atoms with Gasteiger partial charge in [-0.25, -0.2) is 4.39 Å². The van der Waals surface area contributed by atoms with Crippen molar-refractivity contribution in [3.05, 3.63) is 59.4 Å². The number of carbonyl (C=O) groups is 1. The zero-order chi connectivity index (χ0) is 19.1. The third-order valence-corrected chi connectivity index (χ3v) is 4.45. The van der Waals surface area contributed by atoms with E-state index in [-0.39, 0.29) is 18.3 Å². The summed E-state index contributed by atoms with van der Waals surface area (Å²) in [5, 5.41) is 2.95. The molecule has 0 aliphatic carbocycles. The molecule has 2 aromatic carbocycles. The van der Waals surface area contributed by atoms with Gasteiger partial charge in [0.05, 0.1) is 6.54 Å². The van der Waals surface area contributed by atoms with Crippen LogP contribution in [-0.2, 0) is 17.8 Å². The maximum Gasteiger partial charge on any atom is 0.234 e. The molecule has 5 nitrogen and oxygen atoms in total. The van der Waals surface area contributed by atoms with Crippen LogP contribution in [0.2, 0.25) is 0 Å². The molecule has 3 rings (SSSR count). The predicted octanol–water partition coefficient (Wildman–Crippen LogP) is 2.78. The first-order valence-electron chi connectivity index (χ1n) is 9.26. The van der Waals surface area contributed by atoms with Crippen LogP contribution in [0.1, 0.15) is 18.1 Å². The van der Waals surface area contributed by atoms with E-state index in [2.05, 4.69) is 5.32 Å². The van der Waals surface area contributed by atoms with Crippen molar-refractivity contribution in [1.82, 2.24) is 10.2 Å². The van der Waals surface area contributed by atoms with Crippen LogP contribution in [-0.4, -0.2) is 43.7 Å². The molecule has 1 aliphatic heterocycles. The number of hydrogen-bond donors (Lipinski definition) is 1. The Balaban J connectivity index is 1.44. The van der Waals surface area contributed by atoms with Gasteiger partial charge in [-0.3, -0.25) is 9.69 Å². The maximum absolute atomic E-state index is 13.3. The third-order valence-electron chi connectivity index (χ3n) is 4.45. The first-order chi connectivity index (χ1) is 13.1. The van der Waals surface area contributed by atoms with Crippen LogP contribution in [0.15, 0.2) is 42.5 Å². The molecule has 0 aromatic heterocycles. The SMILES string of the molecule is CCN(CC(=O)NCCc1ccc2c(c1)OCCO2)Cc1cccc(F)c1. The van der Waals surface area contributed by atoms with Crippen molar-refractivity contribution in [3.8, 4) is 11.5 Å². The fraction of sp³-hybridized carbons (Fsp3) is 0.381. The molecule has 0 unspecified atom stereocenters. The van der Waals surface area contributed by atoms with E-state index in [4.69, 9.17) is 9.47 Å². The number of nitrogens with one attached hydrogen (secondary N) is 1. The van der Waals surface area contributed by atoms with E-state index in [1.165, 1.54) is 12.1 Å². The van der Waals surface area contributed by atoms with Gasteiger partial charge in [-0.1, -0.05) is 25.1 Å². The lowest BCUT2D eigenvalue weighted by molar-refractivity contribution is -0.122. The summed E-state index contributed by atoms with van der Waals surface area (Å²) in [5.41, 5.74) is 1.95. The number of nitrogens with zero attached hydrogens (tertiary/aromatic N) is 1. The fourth-order valence-electron chi connectivity index (χ4n) is 3.02. The molecule has 0 bridgehead atoms. The molecule has 0 radical (unpaired) electrons. The molecule has 0 spiro atoms. The van der Waals surface area contributed by atoms with E-state index >= 15 is 0 Å². The van der Waals surface area contributed by atoms with Crippen molar-refractivity contribution in [2.24, 2.45) is 0 Å². The molecule has 27 heavy (non-hydrogen) atoms. The summed E-state index contributed by atoms with van der Waals surface area (Å²) in [5.74, 6) is 1.24. The van der Waals surface area contributed by atoms with Gasteiger partial charge >= 0.3 is 0 Å². The van der Waals surface area contributed by atoms with Crippen LogP contribution < -0.4 is 14.8 Å². The number of ether oxygens (including phenoxy) is 2. The molecule has 1 amide bonds. The molecule has 1 N–H and O–H groups in total. The summed E-state index contributed by atoms with van der Waals surface area (Å²) >= 11 is 0. The zero-order valence-electron chi connectivity index (χ0n) is 15.5. The minimum atomic E-state index is -0.257. The minimum Gasteiger partial charge on any atom is -0.486 e. The van der Waals surface area contributed by atoms with E-state index in [1.807, 2.05) is 36.1 Å². The van der Waals surface area contributed by atoms with Gasteiger partial charge in [-0.15, -0.1) is 0 Å². The van der Waals surface area contributed by atoms with Gasteiger partial charge in [-0.2, -0.15) is 0 Å². The molecule has 1 heterocycles. The Labute approximate surface area is 159 Å². The van der Waals surface area contributed by atoms with Crippen LogP contribution in [0.5, 0.6) is 11.5 Å². The number of likely N-dealkylation sites (N-methyl/N-ethyl adjacent to an activating group) is 1. The highest BCUT2D eigenvalue weighted by Crippen LogP contribution is 2.30. The van der Waals surface area contributed by atoms with Crippen molar-refractivity contribution < 1.29 is 18.7 Å². The number of benzene rings is 2. The van der Waals surface area contributed by atoms with Gasteiger partial charge in [0.1, 0.15) is 19.0 Å². The average molecular weight is 372 g/mol. The van der Waals surface area contributed by atoms with Crippen molar-refractivity contribution in [2.75, 3.05) is 32.8 Å². The summed E-state index contributed by atoms with van der Waals surface area (Å²) in [6.45, 7) is 5.22. The Kier molecular flexibility index (Phi) is 6.65. The van der Waals surface area contributed by atoms with Crippen molar-refractivity contribution in [2.45, 2.75) is 19.9 Å². The topological polar surface area (TPSA) is 50.8 Å². The molecular formula is C21H25FN2O3. The molecular weight excluding hydrogens is 347 g/mol. The lowest BCUT2D eigenvalue weighted by atomic mass is 10.1. The maximum atomic E-state index is 13.3. The van der Waals surface area contributed by atoms with Gasteiger partial charge in [0.15, 0.2) is 11.5 Å². The predicted molar refractivity (Wildman–Crippen MR) is 101 cm³/mol. The Morgan fingerprint density at radius 1 is 1.11 bits per heavy atom. The molecule has 0 saturated carbocycles. The van der Waals surface area contributed by atoms with E-state index in [0.717, 1.165) is 29.0 Å². The van der Waals surface area contributed by atoms with Crippen LogP contribution in [0.25, 0.3) is 0 Å². The highest BCUT2D eigenvalue weighted by atomic mass is 19.1. The standard InChI is InChI=1S/C21H25FN2O3/c1-2-24(14-17-4-3-5-18(22)12-17)15-21(25)23-9-8-16-6-7-19-20(13-16)27-11-10-26-19/h3-7,12-13H,2,8-11,14-15H2,1H3,(H,23,25). The smallest absolute Gasteiger partial charge is 0.234 e. The monoisotopic (exact) mass is 372 g/mol. The summed E-state index contributed by atoms with van der Waals surface area (Å²) in [6.07, 6.45) is 0.721. The fourth-order valence-corrected chi connectivity index (χ4v) is 3.02. The Bertz CT molecular complexity index is 782. The second-order valence-corrected chi connectivity index (χ2v) is 6.51. The minimum absolute atomic E-state index is 0.0363. The van der Waals surface area contributed by atoms with E-state index in [1.54, 1.807) is 6.07 Å². The molecule has 0 saturated heterocycles. The van der Waals surface area contributed by atoms with E-state index in [0.29, 0.717) is 32.8 Å². The van der Waals surface area contributed by atoms with Gasteiger partial charge in [-0.05, 0) is 48.4 Å². The number of hydrogen-bond acceptors (Lipinski definition) is 4. The number of amides is 1. The molecule has 0 fully saturated rings. The largest absolute Gasteiger partial charge is 0.486 e. The number of rotatable bonds is 8. The Morgan fingerprint density at radius 3 is 2.70 bits per heavy atom. The van der Waals surface area contributed by atoms with Gasteiger partial charge in [0.25, 0.3) is 0 Å². The highest BCUT2D eigenvalue weighted by Gasteiger charge is 2.13. The first-order valence-corrected chi connectivity index (χ1v) is 9.26. The van der Waals surface area contributed by atoms with Crippen molar-refractivity contribution >= 4 is 5.91 Å². The van der Waals surface area contributed by atoms with Crippen molar-refractivity contribution in [1.29, 1.82) is 0 Å². The molecule has 1 aliphatic rings. The molecule has 0 atom stereocenters. The van der Waals surface area contributed by atoms with Crippen LogP contribution in [0, 0.1) is 5.82 Å². The van der Waals surface area contributed by atoms with Gasteiger partial charge in [0, 0.05) is 13.1 Å². The van der Waals surface area contributed by atoms with Crippen LogP contribution in [0.4, 0.5) is 4.39 Å². The molecule has 6 heteroatoms. The summed E-state index contributed by atoms with van der Waals surface area (Å²) in [4.78, 5) is 14.2. The highest BCUT2D eigenvalue weighted by molar-refractivity contribution is 5.78. The normalized spacial score (nSPS) is 12.9. The number of fused-ring (bicyclic) bond motifs is 1. The third kappa shape index (κ3) is 5.69. The van der Waals surface area contributed by atoms with Crippen molar-refractivity contribution in [3.63, 3.8) is 0 Å². The summed E-state index contributed by atoms with van der Waals surface area (Å²) < 4.78 is 24.4. The van der Waals surface area contributed by atoms with E-state index in [9.17, 15) is 9.18 Å². The second-order valence-electron chi connectivity index (χ2n) is 6.51. The number of carbonyl (C=O) groups excluding carboxylic acids is 1. The second kappa shape index (κ2) is 9.37. The molecule has 2 aromatic rings. The lowest BCUT2D eigenvalue weighted by Gasteiger charge is -2.20.